The van der Waals surface area contributed by atoms with Crippen molar-refractivity contribution in [3.8, 4) is 0 Å². The van der Waals surface area contributed by atoms with Gasteiger partial charge in [0.1, 0.15) is 11.6 Å². The number of aromatic amines is 1. The minimum Gasteiger partial charge on any atom is -0.342 e. The van der Waals surface area contributed by atoms with Crippen molar-refractivity contribution in [3.05, 3.63) is 63.1 Å². The minimum absolute atomic E-state index is 0.0207. The fraction of sp³-hybridized carbons (Fsp3) is 0.500. The molecule has 1 N–H and O–H groups in total. The fourth-order valence-corrected chi connectivity index (χ4v) is 4.71. The van der Waals surface area contributed by atoms with Crippen molar-refractivity contribution < 1.29 is 14.0 Å². The Morgan fingerprint density at radius 2 is 1.94 bits per heavy atom. The summed E-state index contributed by atoms with van der Waals surface area (Å²) in [5, 5.41) is 0. The van der Waals surface area contributed by atoms with Gasteiger partial charge in [0.15, 0.2) is 0 Å². The Bertz CT molecular complexity index is 1080. The average molecular weight is 441 g/mol. The predicted molar refractivity (Wildman–Crippen MR) is 118 cm³/mol. The second-order valence-electron chi connectivity index (χ2n) is 8.62. The normalized spacial score (nSPS) is 18.2. The first-order chi connectivity index (χ1) is 15.4. The van der Waals surface area contributed by atoms with E-state index in [4.69, 9.17) is 4.98 Å². The number of hydrogen-bond acceptors (Lipinski definition) is 4. The number of halogens is 1. The fourth-order valence-electron chi connectivity index (χ4n) is 4.71. The van der Waals surface area contributed by atoms with Gasteiger partial charge in [-0.2, -0.15) is 0 Å². The quantitative estimate of drug-likeness (QED) is 0.775. The van der Waals surface area contributed by atoms with Crippen molar-refractivity contribution in [1.29, 1.82) is 0 Å². The molecule has 1 unspecified atom stereocenters. The number of likely N-dealkylation sites (tertiary alicyclic amines) is 1. The van der Waals surface area contributed by atoms with E-state index in [-0.39, 0.29) is 35.4 Å². The molecule has 0 radical (unpaired) electrons. The molecule has 1 saturated heterocycles. The van der Waals surface area contributed by atoms with E-state index in [1.54, 1.807) is 12.1 Å². The smallest absolute Gasteiger partial charge is 0.257 e. The predicted octanol–water partition coefficient (Wildman–Crippen LogP) is 2.86. The first kappa shape index (κ1) is 22.2. The van der Waals surface area contributed by atoms with Crippen LogP contribution in [0, 0.1) is 11.7 Å². The standard InChI is InChI=1S/C24H29FN4O3/c1-3-15(4-2)23(31)28-11-9-16(13-28)21-26-20-14-29(12-10-18(20)22(30)27-21)24(32)17-7-5-6-8-19(17)25/h5-8,15-16H,3-4,9-14H2,1-2H3,(H,26,27,30). The van der Waals surface area contributed by atoms with Gasteiger partial charge < -0.3 is 14.8 Å². The molecule has 1 atom stereocenters. The number of carbonyl (C=O) groups excluding carboxylic acids is 2. The van der Waals surface area contributed by atoms with Gasteiger partial charge in [0, 0.05) is 37.0 Å². The van der Waals surface area contributed by atoms with Crippen LogP contribution >= 0.6 is 0 Å². The molecule has 1 aromatic heterocycles. The topological polar surface area (TPSA) is 86.4 Å². The summed E-state index contributed by atoms with van der Waals surface area (Å²) in [7, 11) is 0. The van der Waals surface area contributed by atoms with Crippen LogP contribution in [0.1, 0.15) is 66.5 Å². The summed E-state index contributed by atoms with van der Waals surface area (Å²) in [5.74, 6) is -0.240. The number of aromatic nitrogens is 2. The molecule has 2 aromatic rings. The Hall–Kier alpha value is -3.03. The highest BCUT2D eigenvalue weighted by atomic mass is 19.1. The molecule has 0 bridgehead atoms. The lowest BCUT2D eigenvalue weighted by Crippen LogP contribution is -2.40. The van der Waals surface area contributed by atoms with Crippen LogP contribution in [0.25, 0.3) is 0 Å². The summed E-state index contributed by atoms with van der Waals surface area (Å²) in [6.07, 6.45) is 2.75. The Morgan fingerprint density at radius 1 is 1.19 bits per heavy atom. The molecule has 2 aliphatic rings. The number of H-pyrrole nitrogens is 1. The lowest BCUT2D eigenvalue weighted by molar-refractivity contribution is -0.134. The average Bonchev–Trinajstić information content (AvgIpc) is 3.30. The van der Waals surface area contributed by atoms with Crippen molar-refractivity contribution >= 4 is 11.8 Å². The second-order valence-corrected chi connectivity index (χ2v) is 8.62. The van der Waals surface area contributed by atoms with Crippen LogP contribution in [0.5, 0.6) is 0 Å². The van der Waals surface area contributed by atoms with Gasteiger partial charge in [0.05, 0.1) is 17.8 Å². The van der Waals surface area contributed by atoms with E-state index in [2.05, 4.69) is 4.98 Å². The second kappa shape index (κ2) is 9.22. The van der Waals surface area contributed by atoms with Crippen LogP contribution < -0.4 is 5.56 Å². The molecule has 1 aromatic carbocycles. The van der Waals surface area contributed by atoms with E-state index < -0.39 is 11.7 Å². The first-order valence-electron chi connectivity index (χ1n) is 11.4. The van der Waals surface area contributed by atoms with Crippen molar-refractivity contribution in [3.63, 3.8) is 0 Å². The number of nitrogens with zero attached hydrogens (tertiary/aromatic N) is 3. The van der Waals surface area contributed by atoms with Gasteiger partial charge >= 0.3 is 0 Å². The van der Waals surface area contributed by atoms with Crippen LogP contribution in [-0.2, 0) is 17.8 Å². The Balaban J connectivity index is 1.53. The molecule has 7 nitrogen and oxygen atoms in total. The maximum absolute atomic E-state index is 14.1. The van der Waals surface area contributed by atoms with Crippen molar-refractivity contribution in [1.82, 2.24) is 19.8 Å². The molecule has 4 rings (SSSR count). The summed E-state index contributed by atoms with van der Waals surface area (Å²) < 4.78 is 14.1. The number of rotatable bonds is 5. The molecule has 170 valence electrons. The SMILES string of the molecule is CCC(CC)C(=O)N1CCC(c2nc3c(c(=O)[nH]2)CCN(C(=O)c2ccccc2F)C3)C1. The van der Waals surface area contributed by atoms with Gasteiger partial charge in [-0.3, -0.25) is 14.4 Å². The molecule has 1 fully saturated rings. The Kier molecular flexibility index (Phi) is 6.39. The monoisotopic (exact) mass is 440 g/mol. The van der Waals surface area contributed by atoms with Crippen LogP contribution in [0.3, 0.4) is 0 Å². The third kappa shape index (κ3) is 4.18. The Morgan fingerprint density at radius 3 is 2.66 bits per heavy atom. The largest absolute Gasteiger partial charge is 0.342 e. The number of fused-ring (bicyclic) bond motifs is 1. The van der Waals surface area contributed by atoms with Crippen molar-refractivity contribution in [2.24, 2.45) is 5.92 Å². The zero-order valence-electron chi connectivity index (χ0n) is 18.6. The zero-order valence-corrected chi connectivity index (χ0v) is 18.6. The first-order valence-corrected chi connectivity index (χ1v) is 11.4. The summed E-state index contributed by atoms with van der Waals surface area (Å²) in [4.78, 5) is 49.3. The summed E-state index contributed by atoms with van der Waals surface area (Å²) in [5.41, 5.74) is 0.971. The zero-order chi connectivity index (χ0) is 22.8. The van der Waals surface area contributed by atoms with Crippen LogP contribution in [0.4, 0.5) is 4.39 Å². The molecule has 0 saturated carbocycles. The van der Waals surface area contributed by atoms with E-state index in [9.17, 15) is 18.8 Å². The third-order valence-electron chi connectivity index (χ3n) is 6.70. The highest BCUT2D eigenvalue weighted by Crippen LogP contribution is 2.28. The van der Waals surface area contributed by atoms with Gasteiger partial charge in [-0.25, -0.2) is 9.37 Å². The molecule has 2 amide bonds. The molecule has 3 heterocycles. The molecule has 0 spiro atoms. The number of hydrogen-bond donors (Lipinski definition) is 1. The number of nitrogens with one attached hydrogen (secondary N) is 1. The van der Waals surface area contributed by atoms with E-state index in [1.807, 2.05) is 18.7 Å². The lowest BCUT2D eigenvalue weighted by atomic mass is 10.0. The maximum atomic E-state index is 14.1. The molecule has 0 aliphatic carbocycles. The summed E-state index contributed by atoms with van der Waals surface area (Å²) in [6, 6.07) is 5.91. The molecule has 32 heavy (non-hydrogen) atoms. The summed E-state index contributed by atoms with van der Waals surface area (Å²) in [6.45, 7) is 5.74. The highest BCUT2D eigenvalue weighted by molar-refractivity contribution is 5.94. The van der Waals surface area contributed by atoms with E-state index in [1.165, 1.54) is 17.0 Å². The van der Waals surface area contributed by atoms with Gasteiger partial charge in [-0.1, -0.05) is 26.0 Å². The number of carbonyl (C=O) groups is 2. The van der Waals surface area contributed by atoms with Crippen LogP contribution in [0.2, 0.25) is 0 Å². The van der Waals surface area contributed by atoms with Gasteiger partial charge in [-0.05, 0) is 37.8 Å². The molecule has 8 heteroatoms. The van der Waals surface area contributed by atoms with Crippen LogP contribution in [-0.4, -0.2) is 51.2 Å². The van der Waals surface area contributed by atoms with Crippen molar-refractivity contribution in [2.45, 2.75) is 52.0 Å². The van der Waals surface area contributed by atoms with E-state index >= 15 is 0 Å². The van der Waals surface area contributed by atoms with Gasteiger partial charge in [0.2, 0.25) is 5.91 Å². The Labute approximate surface area is 186 Å². The lowest BCUT2D eigenvalue weighted by Gasteiger charge is -2.28. The van der Waals surface area contributed by atoms with E-state index in [0.717, 1.165) is 19.3 Å². The van der Waals surface area contributed by atoms with Crippen molar-refractivity contribution in [2.75, 3.05) is 19.6 Å². The molecule has 2 aliphatic heterocycles. The van der Waals surface area contributed by atoms with Gasteiger partial charge in [-0.15, -0.1) is 0 Å². The molecular formula is C24H29FN4O3. The molecular weight excluding hydrogens is 411 g/mol. The third-order valence-corrected chi connectivity index (χ3v) is 6.70. The number of benzene rings is 1. The van der Waals surface area contributed by atoms with Gasteiger partial charge in [0.25, 0.3) is 11.5 Å². The van der Waals surface area contributed by atoms with E-state index in [0.29, 0.717) is 43.1 Å². The minimum atomic E-state index is -0.559. The van der Waals surface area contributed by atoms with Crippen LogP contribution in [0.15, 0.2) is 29.1 Å². The summed E-state index contributed by atoms with van der Waals surface area (Å²) >= 11 is 0. The highest BCUT2D eigenvalue weighted by Gasteiger charge is 2.33. The number of amides is 2. The maximum Gasteiger partial charge on any atom is 0.257 e.